The molecular weight excluding hydrogens is 360 g/mol. The SMILES string of the molecule is CCNC(=NCCCN1CCCC1C(=O)N(C)C)NCCc1csc(C)n1. The molecule has 7 nitrogen and oxygen atoms in total. The Morgan fingerprint density at radius 2 is 2.26 bits per heavy atom. The van der Waals surface area contributed by atoms with Gasteiger partial charge in [0, 0.05) is 52.1 Å². The van der Waals surface area contributed by atoms with Gasteiger partial charge in [0.25, 0.3) is 0 Å². The van der Waals surface area contributed by atoms with E-state index in [1.54, 1.807) is 16.2 Å². The minimum atomic E-state index is 0.0527. The Bertz CT molecular complexity index is 615. The third-order valence-corrected chi connectivity index (χ3v) is 5.47. The summed E-state index contributed by atoms with van der Waals surface area (Å²) in [5.74, 6) is 1.08. The van der Waals surface area contributed by atoms with Crippen LogP contribution < -0.4 is 10.6 Å². The van der Waals surface area contributed by atoms with Gasteiger partial charge in [-0.25, -0.2) is 4.98 Å². The average Bonchev–Trinajstić information content (AvgIpc) is 3.26. The molecule has 152 valence electrons. The number of likely N-dealkylation sites (tertiary alicyclic amines) is 1. The van der Waals surface area contributed by atoms with Crippen molar-refractivity contribution in [2.75, 3.05) is 46.8 Å². The van der Waals surface area contributed by atoms with Gasteiger partial charge in [-0.1, -0.05) is 0 Å². The zero-order chi connectivity index (χ0) is 19.6. The van der Waals surface area contributed by atoms with Crippen LogP contribution in [0.25, 0.3) is 0 Å². The highest BCUT2D eigenvalue weighted by Gasteiger charge is 2.30. The van der Waals surface area contributed by atoms with E-state index in [0.717, 1.165) is 75.1 Å². The average molecular weight is 395 g/mol. The summed E-state index contributed by atoms with van der Waals surface area (Å²) in [6.07, 6.45) is 3.93. The van der Waals surface area contributed by atoms with Gasteiger partial charge < -0.3 is 15.5 Å². The first-order chi connectivity index (χ1) is 13.0. The Morgan fingerprint density at radius 1 is 1.44 bits per heavy atom. The van der Waals surface area contributed by atoms with Crippen LogP contribution in [0.3, 0.4) is 0 Å². The molecule has 0 aliphatic carbocycles. The maximum absolute atomic E-state index is 12.3. The molecule has 27 heavy (non-hydrogen) atoms. The largest absolute Gasteiger partial charge is 0.357 e. The maximum Gasteiger partial charge on any atom is 0.239 e. The zero-order valence-electron chi connectivity index (χ0n) is 17.1. The fraction of sp³-hybridized carbons (Fsp3) is 0.737. The second-order valence-corrected chi connectivity index (χ2v) is 8.14. The van der Waals surface area contributed by atoms with Gasteiger partial charge in [0.1, 0.15) is 0 Å². The first-order valence-electron chi connectivity index (χ1n) is 9.89. The number of aromatic nitrogens is 1. The fourth-order valence-electron chi connectivity index (χ4n) is 3.31. The van der Waals surface area contributed by atoms with Gasteiger partial charge in [0.05, 0.1) is 16.7 Å². The van der Waals surface area contributed by atoms with Gasteiger partial charge in [-0.05, 0) is 39.7 Å². The highest BCUT2D eigenvalue weighted by Crippen LogP contribution is 2.18. The summed E-state index contributed by atoms with van der Waals surface area (Å²) < 4.78 is 0. The molecule has 1 fully saturated rings. The second-order valence-electron chi connectivity index (χ2n) is 7.08. The lowest BCUT2D eigenvalue weighted by atomic mass is 10.2. The smallest absolute Gasteiger partial charge is 0.239 e. The minimum absolute atomic E-state index is 0.0527. The second kappa shape index (κ2) is 11.2. The Hall–Kier alpha value is -1.67. The fourth-order valence-corrected chi connectivity index (χ4v) is 3.96. The highest BCUT2D eigenvalue weighted by molar-refractivity contribution is 7.09. The van der Waals surface area contributed by atoms with Crippen LogP contribution in [0.5, 0.6) is 0 Å². The molecule has 1 aromatic rings. The summed E-state index contributed by atoms with van der Waals surface area (Å²) in [7, 11) is 3.68. The molecule has 0 radical (unpaired) electrons. The molecule has 2 N–H and O–H groups in total. The lowest BCUT2D eigenvalue weighted by molar-refractivity contribution is -0.133. The molecule has 2 rings (SSSR count). The third-order valence-electron chi connectivity index (χ3n) is 4.65. The summed E-state index contributed by atoms with van der Waals surface area (Å²) in [4.78, 5) is 25.4. The van der Waals surface area contributed by atoms with Crippen LogP contribution in [-0.4, -0.2) is 79.5 Å². The number of aryl methyl sites for hydroxylation is 1. The number of nitrogens with zero attached hydrogens (tertiary/aromatic N) is 4. The summed E-state index contributed by atoms with van der Waals surface area (Å²) in [5.41, 5.74) is 1.13. The molecule has 0 saturated carbocycles. The molecule has 1 aliphatic rings. The third kappa shape index (κ3) is 7.10. The van der Waals surface area contributed by atoms with Gasteiger partial charge in [-0.2, -0.15) is 0 Å². The van der Waals surface area contributed by atoms with Crippen LogP contribution >= 0.6 is 11.3 Å². The molecule has 1 saturated heterocycles. The van der Waals surface area contributed by atoms with E-state index in [4.69, 9.17) is 0 Å². The van der Waals surface area contributed by atoms with Crippen LogP contribution in [0.2, 0.25) is 0 Å². The number of nitrogens with one attached hydrogen (secondary N) is 2. The molecule has 1 atom stereocenters. The summed E-state index contributed by atoms with van der Waals surface area (Å²) in [6.45, 7) is 8.45. The Balaban J connectivity index is 1.73. The van der Waals surface area contributed by atoms with E-state index >= 15 is 0 Å². The van der Waals surface area contributed by atoms with Crippen molar-refractivity contribution >= 4 is 23.2 Å². The number of likely N-dealkylation sites (N-methyl/N-ethyl adjacent to an activating group) is 1. The Morgan fingerprint density at radius 3 is 2.93 bits per heavy atom. The van der Waals surface area contributed by atoms with Crippen LogP contribution in [-0.2, 0) is 11.2 Å². The van der Waals surface area contributed by atoms with Crippen molar-refractivity contribution in [2.45, 2.75) is 45.6 Å². The van der Waals surface area contributed by atoms with E-state index in [9.17, 15) is 4.79 Å². The van der Waals surface area contributed by atoms with Crippen molar-refractivity contribution in [1.29, 1.82) is 0 Å². The van der Waals surface area contributed by atoms with E-state index in [2.05, 4.69) is 37.8 Å². The first kappa shape index (κ1) is 21.6. The van der Waals surface area contributed by atoms with Gasteiger partial charge in [-0.15, -0.1) is 11.3 Å². The predicted molar refractivity (Wildman–Crippen MR) is 112 cm³/mol. The van der Waals surface area contributed by atoms with Gasteiger partial charge in [0.15, 0.2) is 5.96 Å². The molecular formula is C19H34N6OS. The van der Waals surface area contributed by atoms with Crippen molar-refractivity contribution in [2.24, 2.45) is 4.99 Å². The van der Waals surface area contributed by atoms with E-state index in [1.807, 2.05) is 21.0 Å². The number of rotatable bonds is 9. The van der Waals surface area contributed by atoms with E-state index in [-0.39, 0.29) is 11.9 Å². The maximum atomic E-state index is 12.3. The lowest BCUT2D eigenvalue weighted by Gasteiger charge is -2.25. The van der Waals surface area contributed by atoms with Crippen LogP contribution in [0, 0.1) is 6.92 Å². The standard InChI is InChI=1S/C19H34N6OS/c1-5-20-19(22-11-9-16-14-27-15(2)23-16)21-10-7-13-25-12-6-8-17(25)18(26)24(3)4/h14,17H,5-13H2,1-4H3,(H2,20,21,22). The van der Waals surface area contributed by atoms with Crippen molar-refractivity contribution in [3.63, 3.8) is 0 Å². The molecule has 0 aromatic carbocycles. The summed E-state index contributed by atoms with van der Waals surface area (Å²) >= 11 is 1.69. The zero-order valence-corrected chi connectivity index (χ0v) is 17.9. The minimum Gasteiger partial charge on any atom is -0.357 e. The van der Waals surface area contributed by atoms with Crippen molar-refractivity contribution in [3.8, 4) is 0 Å². The number of guanidine groups is 1. The van der Waals surface area contributed by atoms with E-state index in [0.29, 0.717) is 0 Å². The van der Waals surface area contributed by atoms with Crippen LogP contribution in [0.4, 0.5) is 0 Å². The molecule has 8 heteroatoms. The highest BCUT2D eigenvalue weighted by atomic mass is 32.1. The van der Waals surface area contributed by atoms with E-state index in [1.165, 1.54) is 0 Å². The number of thiazole rings is 1. The number of amides is 1. The van der Waals surface area contributed by atoms with Crippen LogP contribution in [0.1, 0.15) is 36.9 Å². The Kier molecular flexibility index (Phi) is 9.00. The number of hydrogen-bond acceptors (Lipinski definition) is 5. The molecule has 0 spiro atoms. The monoisotopic (exact) mass is 394 g/mol. The number of aliphatic imine (C=N–C) groups is 1. The normalized spacial score (nSPS) is 17.9. The van der Waals surface area contributed by atoms with Crippen molar-refractivity contribution in [1.82, 2.24) is 25.4 Å². The predicted octanol–water partition coefficient (Wildman–Crippen LogP) is 1.49. The van der Waals surface area contributed by atoms with Gasteiger partial charge >= 0.3 is 0 Å². The summed E-state index contributed by atoms with van der Waals surface area (Å²) in [6, 6.07) is 0.0527. The molecule has 1 aromatic heterocycles. The van der Waals surface area contributed by atoms with E-state index < -0.39 is 0 Å². The lowest BCUT2D eigenvalue weighted by Crippen LogP contribution is -2.43. The number of carbonyl (C=O) groups is 1. The van der Waals surface area contributed by atoms with Crippen molar-refractivity contribution < 1.29 is 4.79 Å². The molecule has 2 heterocycles. The quantitative estimate of drug-likeness (QED) is 0.377. The van der Waals surface area contributed by atoms with Gasteiger partial charge in [-0.3, -0.25) is 14.7 Å². The van der Waals surface area contributed by atoms with Crippen molar-refractivity contribution in [3.05, 3.63) is 16.1 Å². The molecule has 1 aliphatic heterocycles. The molecule has 1 amide bonds. The first-order valence-corrected chi connectivity index (χ1v) is 10.8. The Labute approximate surface area is 167 Å². The number of carbonyl (C=O) groups excluding carboxylic acids is 1. The molecule has 1 unspecified atom stereocenters. The number of hydrogen-bond donors (Lipinski definition) is 2. The molecule has 0 bridgehead atoms. The van der Waals surface area contributed by atoms with Gasteiger partial charge in [0.2, 0.25) is 5.91 Å². The van der Waals surface area contributed by atoms with Crippen LogP contribution in [0.15, 0.2) is 10.4 Å². The summed E-state index contributed by atoms with van der Waals surface area (Å²) in [5, 5.41) is 9.89. The topological polar surface area (TPSA) is 72.9 Å².